The smallest absolute Gasteiger partial charge is 0.328 e. The molecule has 2 atom stereocenters. The maximum absolute atomic E-state index is 11.9. The number of carboxylic acids is 1. The van der Waals surface area contributed by atoms with E-state index in [1.807, 2.05) is 6.92 Å². The molecule has 5 nitrogen and oxygen atoms in total. The van der Waals surface area contributed by atoms with Crippen LogP contribution >= 0.6 is 0 Å². The Morgan fingerprint density at radius 2 is 2.07 bits per heavy atom. The number of rotatable bonds is 2. The van der Waals surface area contributed by atoms with Crippen molar-refractivity contribution in [3.05, 3.63) is 0 Å². The molecule has 2 fully saturated rings. The summed E-state index contributed by atoms with van der Waals surface area (Å²) in [5.41, 5.74) is 0. The van der Waals surface area contributed by atoms with Crippen molar-refractivity contribution < 1.29 is 14.7 Å². The van der Waals surface area contributed by atoms with E-state index >= 15 is 0 Å². The molecule has 5 heteroatoms. The Morgan fingerprint density at radius 1 is 1.40 bits per heavy atom. The van der Waals surface area contributed by atoms with Crippen molar-refractivity contribution in [2.75, 3.05) is 13.1 Å². The standard InChI is InChI=1S/C10H16N2O3/c1-6-8(10(14)15)12(5-4-11-6)9(13)7-2-3-7/h6-8,11H,2-5H2,1H3,(H,14,15). The molecule has 1 saturated carbocycles. The summed E-state index contributed by atoms with van der Waals surface area (Å²) < 4.78 is 0. The zero-order chi connectivity index (χ0) is 11.0. The molecule has 0 aromatic rings. The van der Waals surface area contributed by atoms with Gasteiger partial charge in [0.1, 0.15) is 6.04 Å². The largest absolute Gasteiger partial charge is 0.480 e. The van der Waals surface area contributed by atoms with E-state index in [0.29, 0.717) is 13.1 Å². The van der Waals surface area contributed by atoms with Crippen molar-refractivity contribution >= 4 is 11.9 Å². The Bertz CT molecular complexity index is 288. The van der Waals surface area contributed by atoms with Crippen LogP contribution in [0.2, 0.25) is 0 Å². The van der Waals surface area contributed by atoms with Crippen LogP contribution in [0.1, 0.15) is 19.8 Å². The molecule has 1 saturated heterocycles. The minimum absolute atomic E-state index is 0.0238. The Labute approximate surface area is 88.4 Å². The van der Waals surface area contributed by atoms with Crippen molar-refractivity contribution in [1.82, 2.24) is 10.2 Å². The van der Waals surface area contributed by atoms with Gasteiger partial charge in [-0.05, 0) is 19.8 Å². The lowest BCUT2D eigenvalue weighted by molar-refractivity contribution is -0.153. The average Bonchev–Trinajstić information content (AvgIpc) is 2.98. The first-order valence-electron chi connectivity index (χ1n) is 5.38. The van der Waals surface area contributed by atoms with Crippen molar-refractivity contribution in [1.29, 1.82) is 0 Å². The van der Waals surface area contributed by atoms with Crippen LogP contribution in [0, 0.1) is 5.92 Å². The topological polar surface area (TPSA) is 69.6 Å². The first kappa shape index (κ1) is 10.4. The van der Waals surface area contributed by atoms with E-state index in [2.05, 4.69) is 5.32 Å². The molecule has 84 valence electrons. The summed E-state index contributed by atoms with van der Waals surface area (Å²) in [4.78, 5) is 24.5. The van der Waals surface area contributed by atoms with Crippen LogP contribution in [-0.4, -0.2) is 47.1 Å². The lowest BCUT2D eigenvalue weighted by Gasteiger charge is -2.38. The minimum Gasteiger partial charge on any atom is -0.480 e. The van der Waals surface area contributed by atoms with Gasteiger partial charge in [0, 0.05) is 25.0 Å². The number of amides is 1. The van der Waals surface area contributed by atoms with Gasteiger partial charge in [-0.1, -0.05) is 0 Å². The lowest BCUT2D eigenvalue weighted by Crippen LogP contribution is -2.61. The predicted octanol–water partition coefficient (Wildman–Crippen LogP) is -0.330. The molecule has 15 heavy (non-hydrogen) atoms. The van der Waals surface area contributed by atoms with Crippen LogP contribution < -0.4 is 5.32 Å². The van der Waals surface area contributed by atoms with Gasteiger partial charge in [-0.25, -0.2) is 4.79 Å². The van der Waals surface area contributed by atoms with Crippen LogP contribution in [0.3, 0.4) is 0 Å². The molecule has 2 aliphatic rings. The highest BCUT2D eigenvalue weighted by Crippen LogP contribution is 2.32. The molecule has 2 N–H and O–H groups in total. The minimum atomic E-state index is -0.913. The summed E-state index contributed by atoms with van der Waals surface area (Å²) in [6.07, 6.45) is 1.84. The zero-order valence-corrected chi connectivity index (χ0v) is 8.77. The van der Waals surface area contributed by atoms with E-state index in [4.69, 9.17) is 5.11 Å². The van der Waals surface area contributed by atoms with E-state index < -0.39 is 12.0 Å². The number of hydrogen-bond donors (Lipinski definition) is 2. The van der Waals surface area contributed by atoms with Crippen molar-refractivity contribution in [3.63, 3.8) is 0 Å². The molecule has 0 radical (unpaired) electrons. The second-order valence-electron chi connectivity index (χ2n) is 4.33. The molecule has 1 amide bonds. The van der Waals surface area contributed by atoms with E-state index in [1.165, 1.54) is 4.90 Å². The maximum atomic E-state index is 11.9. The second kappa shape index (κ2) is 3.81. The van der Waals surface area contributed by atoms with Gasteiger partial charge >= 0.3 is 5.97 Å². The number of carbonyl (C=O) groups excluding carboxylic acids is 1. The summed E-state index contributed by atoms with van der Waals surface area (Å²) in [6.45, 7) is 3.01. The highest BCUT2D eigenvalue weighted by Gasteiger charge is 2.42. The Kier molecular flexibility index (Phi) is 2.65. The van der Waals surface area contributed by atoms with Crippen LogP contribution in [0.15, 0.2) is 0 Å². The summed E-state index contributed by atoms with van der Waals surface area (Å²) in [6, 6.07) is -0.870. The van der Waals surface area contributed by atoms with E-state index in [-0.39, 0.29) is 17.9 Å². The van der Waals surface area contributed by atoms with Crippen LogP contribution in [0.25, 0.3) is 0 Å². The highest BCUT2D eigenvalue weighted by atomic mass is 16.4. The van der Waals surface area contributed by atoms with Gasteiger partial charge in [0.15, 0.2) is 0 Å². The van der Waals surface area contributed by atoms with Gasteiger partial charge in [0.05, 0.1) is 0 Å². The lowest BCUT2D eigenvalue weighted by atomic mass is 10.0. The molecule has 0 spiro atoms. The summed E-state index contributed by atoms with van der Waals surface area (Å²) in [7, 11) is 0. The van der Waals surface area contributed by atoms with E-state index in [0.717, 1.165) is 12.8 Å². The molecule has 1 aliphatic heterocycles. The Hall–Kier alpha value is -1.10. The first-order valence-corrected chi connectivity index (χ1v) is 5.38. The number of nitrogens with zero attached hydrogens (tertiary/aromatic N) is 1. The summed E-state index contributed by atoms with van der Waals surface area (Å²) in [5.74, 6) is -0.795. The monoisotopic (exact) mass is 212 g/mol. The maximum Gasteiger partial charge on any atom is 0.328 e. The summed E-state index contributed by atoms with van der Waals surface area (Å²) >= 11 is 0. The van der Waals surface area contributed by atoms with Gasteiger partial charge in [0.2, 0.25) is 5.91 Å². The quantitative estimate of drug-likeness (QED) is 0.657. The molecule has 0 aromatic carbocycles. The Balaban J connectivity index is 2.12. The number of aliphatic carboxylic acids is 1. The predicted molar refractivity (Wildman–Crippen MR) is 53.3 cm³/mol. The molecule has 0 aromatic heterocycles. The molecular weight excluding hydrogens is 196 g/mol. The molecular formula is C10H16N2O3. The van der Waals surface area contributed by atoms with Crippen LogP contribution in [0.5, 0.6) is 0 Å². The van der Waals surface area contributed by atoms with Gasteiger partial charge < -0.3 is 15.3 Å². The SMILES string of the molecule is CC1NCCN(C(=O)C2CC2)C1C(=O)O. The van der Waals surface area contributed by atoms with Gasteiger partial charge in [-0.15, -0.1) is 0 Å². The number of carboxylic acid groups (broad SMARTS) is 1. The van der Waals surface area contributed by atoms with Crippen LogP contribution in [0.4, 0.5) is 0 Å². The number of hydrogen-bond acceptors (Lipinski definition) is 3. The highest BCUT2D eigenvalue weighted by molar-refractivity contribution is 5.87. The Morgan fingerprint density at radius 3 is 2.60 bits per heavy atom. The van der Waals surface area contributed by atoms with Crippen LogP contribution in [-0.2, 0) is 9.59 Å². The van der Waals surface area contributed by atoms with Gasteiger partial charge in [-0.3, -0.25) is 4.79 Å². The first-order chi connectivity index (χ1) is 7.11. The fraction of sp³-hybridized carbons (Fsp3) is 0.800. The fourth-order valence-corrected chi connectivity index (χ4v) is 2.09. The normalized spacial score (nSPS) is 31.4. The molecule has 1 heterocycles. The fourth-order valence-electron chi connectivity index (χ4n) is 2.09. The van der Waals surface area contributed by atoms with E-state index in [1.54, 1.807) is 0 Å². The zero-order valence-electron chi connectivity index (χ0n) is 8.77. The molecule has 1 aliphatic carbocycles. The molecule has 2 unspecified atom stereocenters. The number of carbonyl (C=O) groups is 2. The van der Waals surface area contributed by atoms with Gasteiger partial charge in [0.25, 0.3) is 0 Å². The van der Waals surface area contributed by atoms with Crippen molar-refractivity contribution in [2.45, 2.75) is 31.8 Å². The third-order valence-corrected chi connectivity index (χ3v) is 3.09. The number of piperazine rings is 1. The third-order valence-electron chi connectivity index (χ3n) is 3.09. The van der Waals surface area contributed by atoms with Gasteiger partial charge in [-0.2, -0.15) is 0 Å². The van der Waals surface area contributed by atoms with E-state index in [9.17, 15) is 9.59 Å². The van der Waals surface area contributed by atoms with Crippen molar-refractivity contribution in [3.8, 4) is 0 Å². The molecule has 2 rings (SSSR count). The average molecular weight is 212 g/mol. The summed E-state index contributed by atoms with van der Waals surface area (Å²) in [5, 5.41) is 12.2. The third kappa shape index (κ3) is 1.97. The molecule has 0 bridgehead atoms. The van der Waals surface area contributed by atoms with Crippen molar-refractivity contribution in [2.24, 2.45) is 5.92 Å². The second-order valence-corrected chi connectivity index (χ2v) is 4.33. The number of nitrogens with one attached hydrogen (secondary N) is 1.